The Kier molecular flexibility index (Phi) is 1.88. The molecule has 0 aromatic rings. The molecule has 5 heteroatoms. The van der Waals surface area contributed by atoms with Crippen molar-refractivity contribution < 1.29 is 9.90 Å². The van der Waals surface area contributed by atoms with E-state index in [-0.39, 0.29) is 11.9 Å². The van der Waals surface area contributed by atoms with Crippen molar-refractivity contribution in [3.63, 3.8) is 0 Å². The number of hydrogen-bond acceptors (Lipinski definition) is 3. The van der Waals surface area contributed by atoms with Gasteiger partial charge in [-0.3, -0.25) is 0 Å². The molecule has 0 bridgehead atoms. The SMILES string of the molecule is O=C(O)C1=CN2C=CC=C(Br)[C@@H]2N1. The Labute approximate surface area is 83.3 Å². The van der Waals surface area contributed by atoms with Crippen LogP contribution in [-0.2, 0) is 4.79 Å². The molecule has 2 rings (SSSR count). The summed E-state index contributed by atoms with van der Waals surface area (Å²) in [5.74, 6) is -0.942. The maximum Gasteiger partial charge on any atom is 0.353 e. The summed E-state index contributed by atoms with van der Waals surface area (Å²) >= 11 is 3.35. The van der Waals surface area contributed by atoms with Gasteiger partial charge in [-0.1, -0.05) is 15.9 Å². The minimum Gasteiger partial charge on any atom is -0.477 e. The number of rotatable bonds is 1. The maximum absolute atomic E-state index is 10.6. The van der Waals surface area contributed by atoms with Crippen molar-refractivity contribution in [2.24, 2.45) is 0 Å². The largest absolute Gasteiger partial charge is 0.477 e. The van der Waals surface area contributed by atoms with E-state index in [0.717, 1.165) is 4.48 Å². The number of carbonyl (C=O) groups is 1. The van der Waals surface area contributed by atoms with Crippen molar-refractivity contribution in [1.29, 1.82) is 0 Å². The van der Waals surface area contributed by atoms with E-state index in [2.05, 4.69) is 21.2 Å². The number of nitrogens with zero attached hydrogens (tertiary/aromatic N) is 1. The second kappa shape index (κ2) is 2.92. The van der Waals surface area contributed by atoms with Crippen molar-refractivity contribution in [2.45, 2.75) is 6.17 Å². The molecule has 2 N–H and O–H groups in total. The van der Waals surface area contributed by atoms with Crippen LogP contribution in [0.15, 0.2) is 34.7 Å². The lowest BCUT2D eigenvalue weighted by Crippen LogP contribution is -2.35. The smallest absolute Gasteiger partial charge is 0.353 e. The molecule has 2 heterocycles. The lowest BCUT2D eigenvalue weighted by molar-refractivity contribution is -0.133. The third-order valence-electron chi connectivity index (χ3n) is 1.87. The van der Waals surface area contributed by atoms with Crippen LogP contribution >= 0.6 is 15.9 Å². The van der Waals surface area contributed by atoms with Gasteiger partial charge in [0, 0.05) is 16.9 Å². The molecule has 0 saturated carbocycles. The molecule has 2 aliphatic rings. The highest BCUT2D eigenvalue weighted by Gasteiger charge is 2.28. The summed E-state index contributed by atoms with van der Waals surface area (Å²) in [5, 5.41) is 11.6. The monoisotopic (exact) mass is 242 g/mol. The summed E-state index contributed by atoms with van der Waals surface area (Å²) in [6, 6.07) is 0. The second-order valence-electron chi connectivity index (χ2n) is 2.74. The fourth-order valence-corrected chi connectivity index (χ4v) is 1.77. The molecule has 0 saturated heterocycles. The first kappa shape index (κ1) is 8.37. The Morgan fingerprint density at radius 2 is 2.46 bits per heavy atom. The van der Waals surface area contributed by atoms with Gasteiger partial charge in [-0.25, -0.2) is 4.79 Å². The molecular weight excluding hydrogens is 236 g/mol. The summed E-state index contributed by atoms with van der Waals surface area (Å²) in [5.41, 5.74) is 0.210. The van der Waals surface area contributed by atoms with Crippen LogP contribution in [0.5, 0.6) is 0 Å². The summed E-state index contributed by atoms with van der Waals surface area (Å²) in [7, 11) is 0. The number of carboxylic acids is 1. The summed E-state index contributed by atoms with van der Waals surface area (Å²) in [6.45, 7) is 0. The van der Waals surface area contributed by atoms with Crippen molar-refractivity contribution >= 4 is 21.9 Å². The van der Waals surface area contributed by atoms with Gasteiger partial charge in [0.25, 0.3) is 0 Å². The fraction of sp³-hybridized carbons (Fsp3) is 0.125. The van der Waals surface area contributed by atoms with Crippen LogP contribution in [0.25, 0.3) is 0 Å². The average Bonchev–Trinajstić information content (AvgIpc) is 2.49. The number of aliphatic carboxylic acids is 1. The zero-order chi connectivity index (χ0) is 9.42. The number of nitrogens with one attached hydrogen (secondary N) is 1. The molecule has 0 amide bonds. The number of carboxylic acid groups (broad SMARTS) is 1. The standard InChI is InChI=1S/C8H7BrN2O2/c9-5-2-1-3-11-4-6(8(12)13)10-7(5)11/h1-4,7,10H,(H,12,13)/t7-/m1/s1. The third kappa shape index (κ3) is 1.35. The Hall–Kier alpha value is -1.23. The molecule has 4 nitrogen and oxygen atoms in total. The molecule has 68 valence electrons. The second-order valence-corrected chi connectivity index (χ2v) is 3.65. The first-order valence-electron chi connectivity index (χ1n) is 3.71. The first-order chi connectivity index (χ1) is 6.18. The van der Waals surface area contributed by atoms with Gasteiger partial charge in [0.15, 0.2) is 0 Å². The lowest BCUT2D eigenvalue weighted by Gasteiger charge is -2.23. The van der Waals surface area contributed by atoms with Gasteiger partial charge in [0.1, 0.15) is 11.9 Å². The maximum atomic E-state index is 10.6. The van der Waals surface area contributed by atoms with Gasteiger partial charge in [-0.2, -0.15) is 0 Å². The number of halogens is 1. The van der Waals surface area contributed by atoms with E-state index in [9.17, 15) is 4.79 Å². The van der Waals surface area contributed by atoms with E-state index in [0.29, 0.717) is 0 Å². The van der Waals surface area contributed by atoms with Crippen LogP contribution < -0.4 is 5.32 Å². The molecule has 0 aromatic carbocycles. The number of hydrogen-bond donors (Lipinski definition) is 2. The van der Waals surface area contributed by atoms with Crippen molar-refractivity contribution in [3.05, 3.63) is 34.7 Å². The topological polar surface area (TPSA) is 52.6 Å². The van der Waals surface area contributed by atoms with Crippen LogP contribution in [0.2, 0.25) is 0 Å². The van der Waals surface area contributed by atoms with E-state index in [1.807, 2.05) is 18.4 Å². The molecule has 1 atom stereocenters. The van der Waals surface area contributed by atoms with E-state index < -0.39 is 5.97 Å². The fourth-order valence-electron chi connectivity index (χ4n) is 1.27. The summed E-state index contributed by atoms with van der Waals surface area (Å²) < 4.78 is 0.919. The first-order valence-corrected chi connectivity index (χ1v) is 4.51. The van der Waals surface area contributed by atoms with Crippen LogP contribution in [0, 0.1) is 0 Å². The molecule has 0 spiro atoms. The van der Waals surface area contributed by atoms with E-state index >= 15 is 0 Å². The summed E-state index contributed by atoms with van der Waals surface area (Å²) in [4.78, 5) is 12.4. The summed E-state index contributed by atoms with van der Waals surface area (Å²) in [6.07, 6.45) is 7.02. The molecule has 13 heavy (non-hydrogen) atoms. The van der Waals surface area contributed by atoms with Crippen LogP contribution in [0.3, 0.4) is 0 Å². The van der Waals surface area contributed by atoms with E-state index in [1.54, 1.807) is 11.1 Å². The predicted molar refractivity (Wildman–Crippen MR) is 50.6 cm³/mol. The number of allylic oxidation sites excluding steroid dienone is 2. The lowest BCUT2D eigenvalue weighted by atomic mass is 10.3. The van der Waals surface area contributed by atoms with Gasteiger partial charge >= 0.3 is 5.97 Å². The Morgan fingerprint density at radius 1 is 1.69 bits per heavy atom. The van der Waals surface area contributed by atoms with E-state index in [4.69, 9.17) is 5.11 Å². The third-order valence-corrected chi connectivity index (χ3v) is 2.57. The van der Waals surface area contributed by atoms with Crippen LogP contribution in [-0.4, -0.2) is 22.1 Å². The van der Waals surface area contributed by atoms with Gasteiger partial charge in [-0.15, -0.1) is 0 Å². The molecule has 2 aliphatic heterocycles. The predicted octanol–water partition coefficient (Wildman–Crippen LogP) is 0.950. The minimum atomic E-state index is -0.942. The quantitative estimate of drug-likeness (QED) is 0.719. The van der Waals surface area contributed by atoms with Crippen LogP contribution in [0.4, 0.5) is 0 Å². The normalized spacial score (nSPS) is 24.7. The molecule has 0 unspecified atom stereocenters. The highest BCUT2D eigenvalue weighted by Crippen LogP contribution is 2.25. The van der Waals surface area contributed by atoms with Crippen molar-refractivity contribution in [2.75, 3.05) is 0 Å². The van der Waals surface area contributed by atoms with Gasteiger partial charge < -0.3 is 15.3 Å². The molecule has 0 fully saturated rings. The molecule has 0 radical (unpaired) electrons. The Bertz CT molecular complexity index is 346. The van der Waals surface area contributed by atoms with Gasteiger partial charge in [0.05, 0.1) is 0 Å². The minimum absolute atomic E-state index is 0.101. The highest BCUT2D eigenvalue weighted by atomic mass is 79.9. The molecule has 0 aromatic heterocycles. The zero-order valence-electron chi connectivity index (χ0n) is 6.57. The Balaban J connectivity index is 2.25. The van der Waals surface area contributed by atoms with Gasteiger partial charge in [0.2, 0.25) is 0 Å². The molecular formula is C8H7BrN2O2. The Morgan fingerprint density at radius 3 is 3.08 bits per heavy atom. The number of fused-ring (bicyclic) bond motifs is 1. The van der Waals surface area contributed by atoms with Crippen LogP contribution in [0.1, 0.15) is 0 Å². The molecule has 0 aliphatic carbocycles. The average molecular weight is 243 g/mol. The zero-order valence-corrected chi connectivity index (χ0v) is 8.15. The van der Waals surface area contributed by atoms with Crippen molar-refractivity contribution in [3.8, 4) is 0 Å². The van der Waals surface area contributed by atoms with E-state index in [1.165, 1.54) is 0 Å². The van der Waals surface area contributed by atoms with Crippen molar-refractivity contribution in [1.82, 2.24) is 10.2 Å². The highest BCUT2D eigenvalue weighted by molar-refractivity contribution is 9.11. The van der Waals surface area contributed by atoms with Gasteiger partial charge in [-0.05, 0) is 12.2 Å².